The third-order valence-electron chi connectivity index (χ3n) is 4.87. The van der Waals surface area contributed by atoms with Gasteiger partial charge in [0.1, 0.15) is 18.4 Å². The second-order valence-corrected chi connectivity index (χ2v) is 7.43. The molecule has 0 radical (unpaired) electrons. The van der Waals surface area contributed by atoms with E-state index >= 15 is 0 Å². The number of hydrogen-bond acceptors (Lipinski definition) is 5. The SMILES string of the molecule is COC(=O)[C@H](Cc1ccc(OCc2ccccc2)cc1)NC(=O)c1ccc(NC(C)=O)cc1. The fourth-order valence-corrected chi connectivity index (χ4v) is 3.18. The minimum atomic E-state index is -0.853. The van der Waals surface area contributed by atoms with Crippen molar-refractivity contribution in [1.29, 1.82) is 0 Å². The molecule has 0 aliphatic heterocycles. The van der Waals surface area contributed by atoms with Gasteiger partial charge in [-0.15, -0.1) is 0 Å². The molecule has 170 valence electrons. The quantitative estimate of drug-likeness (QED) is 0.489. The van der Waals surface area contributed by atoms with Crippen LogP contribution in [0.1, 0.15) is 28.4 Å². The van der Waals surface area contributed by atoms with E-state index in [4.69, 9.17) is 9.47 Å². The van der Waals surface area contributed by atoms with Crippen molar-refractivity contribution >= 4 is 23.5 Å². The molecule has 3 rings (SSSR count). The number of ether oxygens (including phenoxy) is 2. The molecule has 2 N–H and O–H groups in total. The van der Waals surface area contributed by atoms with E-state index in [1.807, 2.05) is 54.6 Å². The summed E-state index contributed by atoms with van der Waals surface area (Å²) in [5.74, 6) is -0.444. The molecule has 2 amide bonds. The maximum absolute atomic E-state index is 12.6. The number of benzene rings is 3. The van der Waals surface area contributed by atoms with Crippen molar-refractivity contribution in [2.75, 3.05) is 12.4 Å². The Morgan fingerprint density at radius 2 is 1.52 bits per heavy atom. The molecule has 33 heavy (non-hydrogen) atoms. The Kier molecular flexibility index (Phi) is 8.18. The molecular formula is C26H26N2O5. The minimum Gasteiger partial charge on any atom is -0.489 e. The number of amides is 2. The Morgan fingerprint density at radius 3 is 2.12 bits per heavy atom. The average molecular weight is 447 g/mol. The lowest BCUT2D eigenvalue weighted by Crippen LogP contribution is -2.43. The zero-order valence-corrected chi connectivity index (χ0v) is 18.5. The van der Waals surface area contributed by atoms with Crippen LogP contribution in [0.15, 0.2) is 78.9 Å². The second kappa shape index (κ2) is 11.5. The highest BCUT2D eigenvalue weighted by Crippen LogP contribution is 2.16. The molecular weight excluding hydrogens is 420 g/mol. The van der Waals surface area contributed by atoms with Gasteiger partial charge in [0.25, 0.3) is 5.91 Å². The molecule has 0 spiro atoms. The summed E-state index contributed by atoms with van der Waals surface area (Å²) in [6.07, 6.45) is 0.265. The summed E-state index contributed by atoms with van der Waals surface area (Å²) < 4.78 is 10.7. The van der Waals surface area contributed by atoms with Crippen LogP contribution in [0.25, 0.3) is 0 Å². The molecule has 0 saturated heterocycles. The molecule has 0 aromatic heterocycles. The van der Waals surface area contributed by atoms with Gasteiger partial charge < -0.3 is 20.1 Å². The van der Waals surface area contributed by atoms with Crippen molar-refractivity contribution < 1.29 is 23.9 Å². The third kappa shape index (κ3) is 7.21. The minimum absolute atomic E-state index is 0.200. The van der Waals surface area contributed by atoms with E-state index in [9.17, 15) is 14.4 Å². The van der Waals surface area contributed by atoms with Crippen LogP contribution in [0.3, 0.4) is 0 Å². The average Bonchev–Trinajstić information content (AvgIpc) is 2.83. The predicted octanol–water partition coefficient (Wildman–Crippen LogP) is 3.74. The van der Waals surface area contributed by atoms with E-state index in [2.05, 4.69) is 10.6 Å². The first-order chi connectivity index (χ1) is 15.9. The Bertz CT molecular complexity index is 1080. The van der Waals surface area contributed by atoms with Crippen LogP contribution in [-0.4, -0.2) is 30.9 Å². The van der Waals surface area contributed by atoms with E-state index in [1.54, 1.807) is 24.3 Å². The first-order valence-corrected chi connectivity index (χ1v) is 10.5. The van der Waals surface area contributed by atoms with Crippen molar-refractivity contribution in [2.24, 2.45) is 0 Å². The van der Waals surface area contributed by atoms with Crippen LogP contribution in [0.5, 0.6) is 5.75 Å². The Hall–Kier alpha value is -4.13. The summed E-state index contributed by atoms with van der Waals surface area (Å²) in [7, 11) is 1.28. The van der Waals surface area contributed by atoms with E-state index in [0.29, 0.717) is 23.6 Å². The summed E-state index contributed by atoms with van der Waals surface area (Å²) in [6.45, 7) is 1.87. The summed E-state index contributed by atoms with van der Waals surface area (Å²) in [4.78, 5) is 36.1. The zero-order valence-electron chi connectivity index (χ0n) is 18.5. The van der Waals surface area contributed by atoms with Gasteiger partial charge in [0.2, 0.25) is 5.91 Å². The number of hydrogen-bond donors (Lipinski definition) is 2. The third-order valence-corrected chi connectivity index (χ3v) is 4.87. The molecule has 7 heteroatoms. The highest BCUT2D eigenvalue weighted by Gasteiger charge is 2.22. The van der Waals surface area contributed by atoms with Gasteiger partial charge in [0.15, 0.2) is 0 Å². The standard InChI is InChI=1S/C26H26N2O5/c1-18(29)27-22-12-10-21(11-13-22)25(30)28-24(26(31)32-2)16-19-8-14-23(15-9-19)33-17-20-6-4-3-5-7-20/h3-15,24H,16-17H2,1-2H3,(H,27,29)(H,28,30)/t24-/m0/s1. The topological polar surface area (TPSA) is 93.7 Å². The van der Waals surface area contributed by atoms with Gasteiger partial charge in [-0.25, -0.2) is 4.79 Å². The summed E-state index contributed by atoms with van der Waals surface area (Å²) in [5.41, 5.74) is 2.86. The zero-order chi connectivity index (χ0) is 23.6. The molecule has 0 heterocycles. The van der Waals surface area contributed by atoms with Gasteiger partial charge in [-0.1, -0.05) is 42.5 Å². The van der Waals surface area contributed by atoms with E-state index in [1.165, 1.54) is 14.0 Å². The summed E-state index contributed by atoms with van der Waals surface area (Å²) in [6, 6.07) is 22.8. The molecule has 3 aromatic carbocycles. The molecule has 1 atom stereocenters. The largest absolute Gasteiger partial charge is 0.489 e. The van der Waals surface area contributed by atoms with Gasteiger partial charge in [0.05, 0.1) is 7.11 Å². The van der Waals surface area contributed by atoms with Crippen LogP contribution < -0.4 is 15.4 Å². The fraction of sp³-hybridized carbons (Fsp3) is 0.192. The molecule has 0 fully saturated rings. The number of nitrogens with one attached hydrogen (secondary N) is 2. The van der Waals surface area contributed by atoms with Crippen LogP contribution in [0.2, 0.25) is 0 Å². The Balaban J connectivity index is 1.61. The number of carbonyl (C=O) groups is 3. The van der Waals surface area contributed by atoms with Crippen LogP contribution in [-0.2, 0) is 27.4 Å². The lowest BCUT2D eigenvalue weighted by Gasteiger charge is -2.17. The maximum atomic E-state index is 12.6. The first kappa shape index (κ1) is 23.5. The van der Waals surface area contributed by atoms with Crippen LogP contribution >= 0.6 is 0 Å². The second-order valence-electron chi connectivity index (χ2n) is 7.43. The van der Waals surface area contributed by atoms with E-state index in [0.717, 1.165) is 11.1 Å². The smallest absolute Gasteiger partial charge is 0.328 e. The molecule has 0 saturated carbocycles. The first-order valence-electron chi connectivity index (χ1n) is 10.5. The molecule has 0 aliphatic carbocycles. The maximum Gasteiger partial charge on any atom is 0.328 e. The number of methoxy groups -OCH3 is 1. The normalized spacial score (nSPS) is 11.2. The van der Waals surface area contributed by atoms with Crippen molar-refractivity contribution in [3.63, 3.8) is 0 Å². The number of rotatable bonds is 9. The lowest BCUT2D eigenvalue weighted by molar-refractivity contribution is -0.142. The van der Waals surface area contributed by atoms with Crippen molar-refractivity contribution in [2.45, 2.75) is 26.0 Å². The highest BCUT2D eigenvalue weighted by atomic mass is 16.5. The molecule has 0 aliphatic rings. The monoisotopic (exact) mass is 446 g/mol. The number of carbonyl (C=O) groups excluding carboxylic acids is 3. The van der Waals surface area contributed by atoms with Crippen LogP contribution in [0.4, 0.5) is 5.69 Å². The molecule has 7 nitrogen and oxygen atoms in total. The molecule has 3 aromatic rings. The van der Waals surface area contributed by atoms with Gasteiger partial charge in [-0.05, 0) is 47.5 Å². The van der Waals surface area contributed by atoms with Gasteiger partial charge in [0, 0.05) is 24.6 Å². The lowest BCUT2D eigenvalue weighted by atomic mass is 10.0. The van der Waals surface area contributed by atoms with Crippen molar-refractivity contribution in [3.05, 3.63) is 95.6 Å². The van der Waals surface area contributed by atoms with Crippen molar-refractivity contribution in [1.82, 2.24) is 5.32 Å². The number of anilines is 1. The van der Waals surface area contributed by atoms with E-state index < -0.39 is 17.9 Å². The Morgan fingerprint density at radius 1 is 0.848 bits per heavy atom. The summed E-state index contributed by atoms with van der Waals surface area (Å²) >= 11 is 0. The highest BCUT2D eigenvalue weighted by molar-refractivity contribution is 5.97. The number of esters is 1. The molecule has 0 bridgehead atoms. The summed E-state index contributed by atoms with van der Waals surface area (Å²) in [5, 5.41) is 5.36. The van der Waals surface area contributed by atoms with Gasteiger partial charge >= 0.3 is 5.97 Å². The van der Waals surface area contributed by atoms with E-state index in [-0.39, 0.29) is 12.3 Å². The van der Waals surface area contributed by atoms with Gasteiger partial charge in [-0.3, -0.25) is 9.59 Å². The van der Waals surface area contributed by atoms with Crippen molar-refractivity contribution in [3.8, 4) is 5.75 Å². The van der Waals surface area contributed by atoms with Gasteiger partial charge in [-0.2, -0.15) is 0 Å². The van der Waals surface area contributed by atoms with Crippen LogP contribution in [0, 0.1) is 0 Å². The fourth-order valence-electron chi connectivity index (χ4n) is 3.18. The Labute approximate surface area is 192 Å². The predicted molar refractivity (Wildman–Crippen MR) is 125 cm³/mol. The molecule has 0 unspecified atom stereocenters.